The van der Waals surface area contributed by atoms with E-state index in [0.717, 1.165) is 12.1 Å². The second kappa shape index (κ2) is 7.13. The summed E-state index contributed by atoms with van der Waals surface area (Å²) in [7, 11) is 0. The average Bonchev–Trinajstić information content (AvgIpc) is 2.74. The van der Waals surface area contributed by atoms with Crippen LogP contribution in [-0.2, 0) is 6.42 Å². The average molecular weight is 296 g/mol. The smallest absolute Gasteiger partial charge is 0.0688 e. The summed E-state index contributed by atoms with van der Waals surface area (Å²) >= 11 is 0. The van der Waals surface area contributed by atoms with Crippen molar-refractivity contribution in [2.75, 3.05) is 0 Å². The molecule has 1 fully saturated rings. The number of rotatable bonds is 4. The Morgan fingerprint density at radius 3 is 2.59 bits per heavy atom. The summed E-state index contributed by atoms with van der Waals surface area (Å²) in [6, 6.07) is 11.9. The Balaban J connectivity index is 1.94. The SMILES string of the molecule is CCCc1cccc(-c2cc(C)nn2C2CCCCCC2)c1. The van der Waals surface area contributed by atoms with E-state index in [0.29, 0.717) is 6.04 Å². The molecular weight excluding hydrogens is 268 g/mol. The van der Waals surface area contributed by atoms with Gasteiger partial charge in [0.2, 0.25) is 0 Å². The highest BCUT2D eigenvalue weighted by atomic mass is 15.3. The summed E-state index contributed by atoms with van der Waals surface area (Å²) < 4.78 is 2.33. The van der Waals surface area contributed by atoms with Crippen LogP contribution in [0, 0.1) is 6.92 Å². The highest BCUT2D eigenvalue weighted by Gasteiger charge is 2.19. The first-order valence-corrected chi connectivity index (χ1v) is 8.93. The van der Waals surface area contributed by atoms with E-state index >= 15 is 0 Å². The molecule has 1 saturated carbocycles. The highest BCUT2D eigenvalue weighted by Crippen LogP contribution is 2.32. The fraction of sp³-hybridized carbons (Fsp3) is 0.550. The molecule has 2 heteroatoms. The lowest BCUT2D eigenvalue weighted by atomic mass is 10.0. The molecule has 1 aliphatic rings. The van der Waals surface area contributed by atoms with Crippen molar-refractivity contribution in [1.82, 2.24) is 9.78 Å². The lowest BCUT2D eigenvalue weighted by Crippen LogP contribution is -2.11. The molecule has 2 nitrogen and oxygen atoms in total. The third kappa shape index (κ3) is 3.43. The molecule has 0 bridgehead atoms. The van der Waals surface area contributed by atoms with Crippen LogP contribution in [0.1, 0.15) is 69.2 Å². The molecule has 1 aromatic carbocycles. The van der Waals surface area contributed by atoms with Crippen LogP contribution in [0.4, 0.5) is 0 Å². The van der Waals surface area contributed by atoms with Gasteiger partial charge in [-0.1, -0.05) is 57.2 Å². The van der Waals surface area contributed by atoms with Crippen LogP contribution in [0.2, 0.25) is 0 Å². The highest BCUT2D eigenvalue weighted by molar-refractivity contribution is 5.61. The van der Waals surface area contributed by atoms with Gasteiger partial charge in [0.15, 0.2) is 0 Å². The number of benzene rings is 1. The van der Waals surface area contributed by atoms with Gasteiger partial charge in [-0.2, -0.15) is 5.10 Å². The van der Waals surface area contributed by atoms with Crippen molar-refractivity contribution in [3.8, 4) is 11.3 Å². The quantitative estimate of drug-likeness (QED) is 0.661. The molecule has 0 amide bonds. The summed E-state index contributed by atoms with van der Waals surface area (Å²) in [5, 5.41) is 4.84. The maximum absolute atomic E-state index is 4.84. The van der Waals surface area contributed by atoms with E-state index in [-0.39, 0.29) is 0 Å². The predicted molar refractivity (Wildman–Crippen MR) is 93.1 cm³/mol. The normalized spacial score (nSPS) is 16.6. The Morgan fingerprint density at radius 2 is 1.86 bits per heavy atom. The molecule has 0 radical (unpaired) electrons. The van der Waals surface area contributed by atoms with Crippen molar-refractivity contribution in [2.24, 2.45) is 0 Å². The minimum Gasteiger partial charge on any atom is -0.262 e. The Hall–Kier alpha value is -1.57. The molecule has 0 atom stereocenters. The third-order valence-corrected chi connectivity index (χ3v) is 4.79. The Labute approximate surface area is 134 Å². The largest absolute Gasteiger partial charge is 0.262 e. The van der Waals surface area contributed by atoms with E-state index in [1.54, 1.807) is 0 Å². The van der Waals surface area contributed by atoms with E-state index in [4.69, 9.17) is 5.10 Å². The molecule has 0 aliphatic heterocycles. The summed E-state index contributed by atoms with van der Waals surface area (Å²) in [6.45, 7) is 4.36. The fourth-order valence-electron chi connectivity index (χ4n) is 3.69. The Kier molecular flexibility index (Phi) is 4.97. The first-order valence-electron chi connectivity index (χ1n) is 8.93. The van der Waals surface area contributed by atoms with Crippen molar-refractivity contribution < 1.29 is 0 Å². The van der Waals surface area contributed by atoms with Gasteiger partial charge < -0.3 is 0 Å². The molecule has 1 aliphatic carbocycles. The Morgan fingerprint density at radius 1 is 1.09 bits per heavy atom. The first-order chi connectivity index (χ1) is 10.8. The van der Waals surface area contributed by atoms with E-state index in [2.05, 4.69) is 48.9 Å². The standard InChI is InChI=1S/C20H28N2/c1-3-9-17-10-8-11-18(15-17)20-14-16(2)21-22(20)19-12-6-4-5-7-13-19/h8,10-11,14-15,19H,3-7,9,12-13H2,1-2H3. The van der Waals surface area contributed by atoms with Gasteiger partial charge in [0.25, 0.3) is 0 Å². The summed E-state index contributed by atoms with van der Waals surface area (Å²) in [4.78, 5) is 0. The van der Waals surface area contributed by atoms with E-state index < -0.39 is 0 Å². The minimum absolute atomic E-state index is 0.584. The van der Waals surface area contributed by atoms with Crippen LogP contribution >= 0.6 is 0 Å². The minimum atomic E-state index is 0.584. The molecule has 0 N–H and O–H groups in total. The van der Waals surface area contributed by atoms with Gasteiger partial charge in [-0.15, -0.1) is 0 Å². The zero-order valence-corrected chi connectivity index (χ0v) is 14.0. The third-order valence-electron chi connectivity index (χ3n) is 4.79. The number of hydrogen-bond donors (Lipinski definition) is 0. The van der Waals surface area contributed by atoms with Gasteiger partial charge in [-0.3, -0.25) is 4.68 Å². The van der Waals surface area contributed by atoms with Gasteiger partial charge in [0, 0.05) is 5.56 Å². The zero-order chi connectivity index (χ0) is 15.4. The summed E-state index contributed by atoms with van der Waals surface area (Å²) in [5.41, 5.74) is 5.21. The number of hydrogen-bond acceptors (Lipinski definition) is 1. The van der Waals surface area contributed by atoms with Crippen molar-refractivity contribution in [2.45, 2.75) is 71.3 Å². The molecule has 1 heterocycles. The van der Waals surface area contributed by atoms with E-state index in [1.807, 2.05) is 0 Å². The molecular formula is C20H28N2. The molecule has 1 aromatic heterocycles. The van der Waals surface area contributed by atoms with Crippen LogP contribution in [0.3, 0.4) is 0 Å². The molecule has 0 spiro atoms. The molecule has 0 saturated heterocycles. The maximum atomic E-state index is 4.84. The van der Waals surface area contributed by atoms with Crippen LogP contribution in [0.5, 0.6) is 0 Å². The molecule has 2 aromatic rings. The van der Waals surface area contributed by atoms with Crippen molar-refractivity contribution >= 4 is 0 Å². The van der Waals surface area contributed by atoms with E-state index in [1.165, 1.54) is 61.8 Å². The second-order valence-electron chi connectivity index (χ2n) is 6.71. The van der Waals surface area contributed by atoms with Gasteiger partial charge in [0.1, 0.15) is 0 Å². The number of aryl methyl sites for hydroxylation is 2. The van der Waals surface area contributed by atoms with E-state index in [9.17, 15) is 0 Å². The molecule has 3 rings (SSSR count). The van der Waals surface area contributed by atoms with Crippen LogP contribution < -0.4 is 0 Å². The summed E-state index contributed by atoms with van der Waals surface area (Å²) in [5.74, 6) is 0. The monoisotopic (exact) mass is 296 g/mol. The lowest BCUT2D eigenvalue weighted by molar-refractivity contribution is 0.408. The maximum Gasteiger partial charge on any atom is 0.0688 e. The van der Waals surface area contributed by atoms with Crippen LogP contribution in [0.25, 0.3) is 11.3 Å². The Bertz CT molecular complexity index is 604. The molecule has 118 valence electrons. The van der Waals surface area contributed by atoms with Gasteiger partial charge in [0.05, 0.1) is 17.4 Å². The fourth-order valence-corrected chi connectivity index (χ4v) is 3.69. The van der Waals surface area contributed by atoms with Gasteiger partial charge in [-0.05, 0) is 43.9 Å². The van der Waals surface area contributed by atoms with Gasteiger partial charge in [-0.25, -0.2) is 0 Å². The predicted octanol–water partition coefficient (Wildman–Crippen LogP) is 5.71. The summed E-state index contributed by atoms with van der Waals surface area (Å²) in [6.07, 6.45) is 10.4. The number of nitrogens with zero attached hydrogens (tertiary/aromatic N) is 2. The van der Waals surface area contributed by atoms with Crippen LogP contribution in [-0.4, -0.2) is 9.78 Å². The first kappa shape index (κ1) is 15.3. The second-order valence-corrected chi connectivity index (χ2v) is 6.71. The van der Waals surface area contributed by atoms with Crippen molar-refractivity contribution in [3.05, 3.63) is 41.6 Å². The van der Waals surface area contributed by atoms with Crippen molar-refractivity contribution in [1.29, 1.82) is 0 Å². The van der Waals surface area contributed by atoms with Crippen LogP contribution in [0.15, 0.2) is 30.3 Å². The zero-order valence-electron chi connectivity index (χ0n) is 14.0. The van der Waals surface area contributed by atoms with Crippen molar-refractivity contribution in [3.63, 3.8) is 0 Å². The lowest BCUT2D eigenvalue weighted by Gasteiger charge is -2.18. The topological polar surface area (TPSA) is 17.8 Å². The van der Waals surface area contributed by atoms with Gasteiger partial charge >= 0.3 is 0 Å². The molecule has 22 heavy (non-hydrogen) atoms. The molecule has 0 unspecified atom stereocenters. The number of aromatic nitrogens is 2.